The van der Waals surface area contributed by atoms with Crippen molar-refractivity contribution in [2.75, 3.05) is 81.6 Å². The number of nitrogens with one attached hydrogen (secondary N) is 5. The minimum Gasteiger partial charge on any atom is -0.394 e. The van der Waals surface area contributed by atoms with E-state index in [1.807, 2.05) is 101 Å². The minimum atomic E-state index is -0.344. The van der Waals surface area contributed by atoms with Gasteiger partial charge in [-0.25, -0.2) is 39.9 Å². The summed E-state index contributed by atoms with van der Waals surface area (Å²) in [5.41, 5.74) is 44.5. The fourth-order valence-electron chi connectivity index (χ4n) is 11.3. The van der Waals surface area contributed by atoms with E-state index in [1.54, 1.807) is 30.7 Å². The average Bonchev–Trinajstić information content (AvgIpc) is 0.829. The van der Waals surface area contributed by atoms with E-state index >= 15 is 0 Å². The lowest BCUT2D eigenvalue weighted by atomic mass is 10.0. The molecule has 0 amide bonds. The van der Waals surface area contributed by atoms with Crippen LogP contribution in [0, 0.1) is 20.8 Å². The predicted octanol–water partition coefficient (Wildman–Crippen LogP) is 9.53. The number of rotatable bonds is 33. The van der Waals surface area contributed by atoms with E-state index in [0.29, 0.717) is 123 Å². The molecule has 5 atom stereocenters. The lowest BCUT2D eigenvalue weighted by Crippen LogP contribution is -2.30. The van der Waals surface area contributed by atoms with Crippen LogP contribution in [-0.4, -0.2) is 163 Å². The summed E-state index contributed by atoms with van der Waals surface area (Å²) in [6.07, 6.45) is 18.3. The number of carbonyl (C=O) groups is 2. The second-order valence-electron chi connectivity index (χ2n) is 25.6. The molecule has 11 rings (SSSR count). The fraction of sp³-hybridized carbons (Fsp3) is 0.440. The first-order chi connectivity index (χ1) is 51.7. The summed E-state index contributed by atoms with van der Waals surface area (Å²) in [5, 5.41) is 44.3. The average molecular weight is 1460 g/mol. The van der Waals surface area contributed by atoms with Gasteiger partial charge in [0.1, 0.15) is 27.6 Å². The number of unbranched alkanes of at least 4 members (excludes halogenated alkanes) is 2. The highest BCUT2D eigenvalue weighted by Gasteiger charge is 2.23. The fourth-order valence-corrected chi connectivity index (χ4v) is 11.3. The molecule has 0 saturated carbocycles. The number of aryl methyl sites for hydroxylation is 4. The summed E-state index contributed by atoms with van der Waals surface area (Å²) in [7, 11) is 0. The Morgan fingerprint density at radius 1 is 0.364 bits per heavy atom. The molecule has 0 fully saturated rings. The molecule has 0 aliphatic heterocycles. The van der Waals surface area contributed by atoms with Crippen LogP contribution in [0.3, 0.4) is 0 Å². The summed E-state index contributed by atoms with van der Waals surface area (Å²) >= 11 is 0. The van der Waals surface area contributed by atoms with Gasteiger partial charge in [-0.1, -0.05) is 85.6 Å². The van der Waals surface area contributed by atoms with Crippen molar-refractivity contribution in [2.45, 2.75) is 188 Å². The van der Waals surface area contributed by atoms with Crippen LogP contribution in [0.5, 0.6) is 0 Å². The van der Waals surface area contributed by atoms with Gasteiger partial charge in [-0.3, -0.25) is 24.5 Å². The molecule has 0 aliphatic carbocycles. The molecule has 570 valence electrons. The smallest absolute Gasteiger partial charge is 0.222 e. The summed E-state index contributed by atoms with van der Waals surface area (Å²) in [6, 6.07) is 23.4. The second kappa shape index (κ2) is 43.3. The van der Waals surface area contributed by atoms with Gasteiger partial charge < -0.3 is 76.3 Å². The molecule has 0 bridgehead atoms. The first kappa shape index (κ1) is 83.1. The van der Waals surface area contributed by atoms with E-state index < -0.39 is 0 Å². The highest BCUT2D eigenvalue weighted by atomic mass is 16.3. The molecule has 0 radical (unpaired) electrons. The number of aliphatic hydroxyl groups excluding tert-OH is 3. The summed E-state index contributed by atoms with van der Waals surface area (Å²) in [5.74, 6) is 3.95. The molecule has 0 spiro atoms. The first-order valence-corrected chi connectivity index (χ1v) is 36.5. The van der Waals surface area contributed by atoms with Gasteiger partial charge in [-0.15, -0.1) is 0 Å². The first-order valence-electron chi connectivity index (χ1n) is 36.5. The topological polar surface area (TPSA) is 517 Å². The van der Waals surface area contributed by atoms with Crippen LogP contribution in [0.15, 0.2) is 97.5 Å². The Balaban J connectivity index is 0.000000187. The van der Waals surface area contributed by atoms with Crippen molar-refractivity contribution >= 4 is 126 Å². The molecule has 0 aromatic carbocycles. The van der Waals surface area contributed by atoms with Crippen molar-refractivity contribution in [2.24, 2.45) is 5.73 Å². The van der Waals surface area contributed by atoms with Gasteiger partial charge >= 0.3 is 0 Å². The number of nitrogens with two attached hydrogens (primary N) is 6. The number of fused-ring (bicyclic) bond motifs is 5. The number of Topliss-reactive ketones (excluding diaryl/α,β-unsaturated/α-hetero) is 2. The Morgan fingerprint density at radius 2 is 0.710 bits per heavy atom. The lowest BCUT2D eigenvalue weighted by molar-refractivity contribution is -0.120. The summed E-state index contributed by atoms with van der Waals surface area (Å²) < 4.78 is 0. The Bertz CT molecular complexity index is 4500. The number of nitrogen functional groups attached to an aromatic ring is 5. The zero-order valence-corrected chi connectivity index (χ0v) is 62.5. The zero-order valence-electron chi connectivity index (χ0n) is 62.5. The molecule has 11 heterocycles. The number of pyridine rings is 6. The van der Waals surface area contributed by atoms with Crippen molar-refractivity contribution in [3.63, 3.8) is 0 Å². The van der Waals surface area contributed by atoms with Crippen LogP contribution >= 0.6 is 0 Å². The van der Waals surface area contributed by atoms with E-state index in [4.69, 9.17) is 34.4 Å². The van der Waals surface area contributed by atoms with Crippen LogP contribution in [0.1, 0.15) is 154 Å². The third-order valence-electron chi connectivity index (χ3n) is 16.7. The largest absolute Gasteiger partial charge is 0.394 e. The van der Waals surface area contributed by atoms with E-state index in [0.717, 1.165) is 93.4 Å². The van der Waals surface area contributed by atoms with E-state index in [2.05, 4.69) is 127 Å². The maximum absolute atomic E-state index is 12.7. The molecule has 32 heteroatoms. The van der Waals surface area contributed by atoms with E-state index in [9.17, 15) is 24.9 Å². The monoisotopic (exact) mass is 1460 g/mol. The number of nitrogens with zero attached hydrogens (tertiary/aromatic N) is 16. The number of ketones is 2. The minimum absolute atomic E-state index is 0.0465. The normalized spacial score (nSPS) is 12.4. The Labute approximate surface area is 623 Å². The number of anilines is 10. The molecular formula is C75H105N27O5. The highest BCUT2D eigenvalue weighted by molar-refractivity contribution is 5.93. The third-order valence-corrected chi connectivity index (χ3v) is 16.7. The zero-order chi connectivity index (χ0) is 77.2. The van der Waals surface area contributed by atoms with Crippen LogP contribution in [0.25, 0.3) is 55.2 Å². The molecule has 107 heavy (non-hydrogen) atoms. The predicted molar refractivity (Wildman–Crippen MR) is 426 cm³/mol. The van der Waals surface area contributed by atoms with Crippen molar-refractivity contribution in [1.82, 2.24) is 79.7 Å². The highest BCUT2D eigenvalue weighted by Crippen LogP contribution is 2.27. The van der Waals surface area contributed by atoms with Gasteiger partial charge in [0.25, 0.3) is 0 Å². The molecule has 32 nitrogen and oxygen atoms in total. The van der Waals surface area contributed by atoms with Gasteiger partial charge in [-0.05, 0) is 145 Å². The van der Waals surface area contributed by atoms with Crippen molar-refractivity contribution in [3.05, 3.63) is 120 Å². The van der Waals surface area contributed by atoms with E-state index in [1.165, 1.54) is 0 Å². The second-order valence-corrected chi connectivity index (χ2v) is 25.6. The summed E-state index contributed by atoms with van der Waals surface area (Å²) in [4.78, 5) is 93.2. The summed E-state index contributed by atoms with van der Waals surface area (Å²) in [6.45, 7) is 16.8. The molecule has 11 aromatic rings. The van der Waals surface area contributed by atoms with Gasteiger partial charge in [0.2, 0.25) is 29.7 Å². The van der Waals surface area contributed by atoms with Crippen LogP contribution in [0.4, 0.5) is 58.8 Å². The van der Waals surface area contributed by atoms with Crippen LogP contribution in [0.2, 0.25) is 0 Å². The van der Waals surface area contributed by atoms with Gasteiger partial charge in [0, 0.05) is 54.2 Å². The van der Waals surface area contributed by atoms with E-state index in [-0.39, 0.29) is 91.3 Å². The van der Waals surface area contributed by atoms with Crippen LogP contribution in [-0.2, 0) is 16.0 Å². The molecule has 0 saturated heterocycles. The molecule has 0 unspecified atom stereocenters. The number of aromatic nitrogens is 16. The van der Waals surface area contributed by atoms with Crippen molar-refractivity contribution in [3.8, 4) is 0 Å². The number of hydrogen-bond donors (Lipinski definition) is 14. The Hall–Kier alpha value is -11.2. The maximum atomic E-state index is 12.7. The van der Waals surface area contributed by atoms with Crippen molar-refractivity contribution < 1.29 is 24.9 Å². The van der Waals surface area contributed by atoms with Crippen molar-refractivity contribution in [1.29, 1.82) is 0 Å². The third kappa shape index (κ3) is 25.8. The SMILES string of the molecule is CCCC[C@@H](CO)Nc1nc(N)nc2ccc(C)nc12.CCCC[C@H](CO)Nc1nc(N)nc2ccc(C)nc12.CCC[C@H](CO)Nc1nc(N)nc2ccc(C)nc12.CCC[C@H](Nc1nc(N)nc2cccnc12)C(=O)CCCN.CCC[C@H](Nc1nc(N)nc2cccnc12)C(=O)CCc1ccccn1. The Kier molecular flexibility index (Phi) is 33.6. The van der Waals surface area contributed by atoms with Crippen LogP contribution < -0.4 is 61.0 Å². The Morgan fingerprint density at radius 3 is 1.05 bits per heavy atom. The number of hydrogen-bond acceptors (Lipinski definition) is 32. The lowest BCUT2D eigenvalue weighted by Gasteiger charge is -2.18. The number of aliphatic hydroxyl groups is 3. The quantitative estimate of drug-likeness (QED) is 0.0182. The molecule has 20 N–H and O–H groups in total. The maximum Gasteiger partial charge on any atom is 0.222 e. The molecule has 11 aromatic heterocycles. The molecular weight excluding hydrogens is 1360 g/mol. The number of carbonyl (C=O) groups excluding carboxylic acids is 2. The van der Waals surface area contributed by atoms with Gasteiger partial charge in [0.15, 0.2) is 40.7 Å². The molecule has 0 aliphatic rings. The standard InChI is InChI=1S/C19H22N6O.C15H22N6O.2C14H21N5O.C13H19N5O/c1-2-6-14(16(26)10-9-13-7-3-4-11-21-13)23-18-17-15(8-5-12-22-17)24-19(20)25-18;1-2-5-10(12(22)7-3-8-16)19-14-13-11(6-4-9-18-13)20-15(17)21-14;2*1-3-4-5-10(8-20)17-13-12-11(18-14(15)19-13)7-6-9(2)16-12;1-3-4-9(7-19)16-12-11-10(17-13(14)18-12)6-5-8(2)15-11/h3-5,7-8,11-12,14H,2,6,9-10H2,1H3,(H3,20,23,24,25);4,6,9-10H,2-3,5,7-8,16H2,1H3,(H3,17,19,20,21);2*6-7,10,20H,3-5,8H2,1-2H3,(H3,15,17,18,19);5-6,9,19H,3-4,7H2,1-2H3,(H3,14,16,17,18)/t14-;3*10-;9-/m00101/s1. The van der Waals surface area contributed by atoms with Gasteiger partial charge in [0.05, 0.1) is 77.6 Å². The van der Waals surface area contributed by atoms with Gasteiger partial charge in [-0.2, -0.15) is 24.9 Å².